The van der Waals surface area contributed by atoms with Gasteiger partial charge in [-0.25, -0.2) is 0 Å². The quantitative estimate of drug-likeness (QED) is 0.423. The zero-order chi connectivity index (χ0) is 12.4. The van der Waals surface area contributed by atoms with E-state index in [1.165, 1.54) is 6.42 Å². The predicted molar refractivity (Wildman–Crippen MR) is 57.4 cm³/mol. The highest BCUT2D eigenvalue weighted by atomic mass is 16.4. The van der Waals surface area contributed by atoms with Gasteiger partial charge in [-0.05, 0) is 6.42 Å². The highest BCUT2D eigenvalue weighted by molar-refractivity contribution is 4.79. The Hall–Kier alpha value is -0.200. The standard InChI is InChI=1S/C7H16O5.C3H8/c1-2-4(9)6(11)7(12)5(10)3-8;1-3-2/h4-12H,2-3H2,1H3;3H2,1-2H3. The van der Waals surface area contributed by atoms with Crippen molar-refractivity contribution in [2.75, 3.05) is 6.61 Å². The van der Waals surface area contributed by atoms with Gasteiger partial charge in [0.25, 0.3) is 0 Å². The van der Waals surface area contributed by atoms with Gasteiger partial charge in [0.15, 0.2) is 0 Å². The molecule has 0 amide bonds. The summed E-state index contributed by atoms with van der Waals surface area (Å²) in [6, 6.07) is 0. The Kier molecular flexibility index (Phi) is 11.8. The van der Waals surface area contributed by atoms with Crippen molar-refractivity contribution >= 4 is 0 Å². The molecule has 5 N–H and O–H groups in total. The van der Waals surface area contributed by atoms with Crippen molar-refractivity contribution in [3.8, 4) is 0 Å². The fourth-order valence-corrected chi connectivity index (χ4v) is 0.805. The van der Waals surface area contributed by atoms with Crippen molar-refractivity contribution in [3.63, 3.8) is 0 Å². The van der Waals surface area contributed by atoms with E-state index in [1.54, 1.807) is 6.92 Å². The van der Waals surface area contributed by atoms with Gasteiger partial charge in [-0.1, -0.05) is 27.2 Å². The minimum atomic E-state index is -1.51. The first kappa shape index (κ1) is 17.2. The lowest BCUT2D eigenvalue weighted by Gasteiger charge is -2.24. The minimum absolute atomic E-state index is 0.274. The van der Waals surface area contributed by atoms with Crippen LogP contribution in [-0.2, 0) is 0 Å². The Labute approximate surface area is 91.0 Å². The molecular formula is C10H24O5. The summed E-state index contributed by atoms with van der Waals surface area (Å²) in [7, 11) is 0. The van der Waals surface area contributed by atoms with Crippen LogP contribution in [0.4, 0.5) is 0 Å². The van der Waals surface area contributed by atoms with Crippen LogP contribution >= 0.6 is 0 Å². The first-order valence-electron chi connectivity index (χ1n) is 5.29. The highest BCUT2D eigenvalue weighted by Gasteiger charge is 2.28. The van der Waals surface area contributed by atoms with E-state index >= 15 is 0 Å². The summed E-state index contributed by atoms with van der Waals surface area (Å²) in [6.07, 6.45) is -3.90. The zero-order valence-corrected chi connectivity index (χ0v) is 9.67. The summed E-state index contributed by atoms with van der Waals surface area (Å²) in [4.78, 5) is 0. The molecule has 15 heavy (non-hydrogen) atoms. The molecular weight excluding hydrogens is 200 g/mol. The van der Waals surface area contributed by atoms with Crippen molar-refractivity contribution < 1.29 is 25.5 Å². The first-order chi connectivity index (χ1) is 6.95. The van der Waals surface area contributed by atoms with Crippen molar-refractivity contribution in [2.45, 2.75) is 58.0 Å². The van der Waals surface area contributed by atoms with Crippen LogP contribution in [0.5, 0.6) is 0 Å². The van der Waals surface area contributed by atoms with E-state index in [1.807, 2.05) is 0 Å². The zero-order valence-electron chi connectivity index (χ0n) is 9.67. The first-order valence-corrected chi connectivity index (χ1v) is 5.29. The van der Waals surface area contributed by atoms with Gasteiger partial charge < -0.3 is 25.5 Å². The van der Waals surface area contributed by atoms with Crippen molar-refractivity contribution in [3.05, 3.63) is 0 Å². The summed E-state index contributed by atoms with van der Waals surface area (Å²) in [6.45, 7) is 5.24. The molecule has 0 aromatic rings. The minimum Gasteiger partial charge on any atom is -0.394 e. The second-order valence-corrected chi connectivity index (χ2v) is 3.41. The lowest BCUT2D eigenvalue weighted by atomic mass is 10.0. The molecule has 5 nitrogen and oxygen atoms in total. The molecule has 0 aliphatic heterocycles. The second-order valence-electron chi connectivity index (χ2n) is 3.41. The lowest BCUT2D eigenvalue weighted by molar-refractivity contribution is -0.115. The molecule has 0 rings (SSSR count). The fourth-order valence-electron chi connectivity index (χ4n) is 0.805. The molecule has 0 saturated heterocycles. The van der Waals surface area contributed by atoms with Gasteiger partial charge in [0.05, 0.1) is 12.7 Å². The molecule has 4 atom stereocenters. The molecule has 0 aliphatic carbocycles. The number of aliphatic hydroxyl groups excluding tert-OH is 5. The van der Waals surface area contributed by atoms with E-state index in [0.29, 0.717) is 0 Å². The smallest absolute Gasteiger partial charge is 0.110 e. The Morgan fingerprint density at radius 1 is 0.800 bits per heavy atom. The number of rotatable bonds is 5. The largest absolute Gasteiger partial charge is 0.394 e. The van der Waals surface area contributed by atoms with Crippen molar-refractivity contribution in [1.82, 2.24) is 0 Å². The van der Waals surface area contributed by atoms with Gasteiger partial charge in [0, 0.05) is 0 Å². The van der Waals surface area contributed by atoms with E-state index < -0.39 is 31.0 Å². The average Bonchev–Trinajstić information content (AvgIpc) is 2.25. The molecule has 0 aromatic heterocycles. The van der Waals surface area contributed by atoms with Gasteiger partial charge >= 0.3 is 0 Å². The molecule has 0 saturated carbocycles. The van der Waals surface area contributed by atoms with Crippen LogP contribution in [0, 0.1) is 0 Å². The van der Waals surface area contributed by atoms with Crippen LogP contribution in [0.15, 0.2) is 0 Å². The summed E-state index contributed by atoms with van der Waals surface area (Å²) < 4.78 is 0. The topological polar surface area (TPSA) is 101 Å². The predicted octanol–water partition coefficient (Wildman–Crippen LogP) is -0.751. The lowest BCUT2D eigenvalue weighted by Crippen LogP contribution is -2.45. The molecule has 0 bridgehead atoms. The van der Waals surface area contributed by atoms with Crippen molar-refractivity contribution in [2.24, 2.45) is 0 Å². The summed E-state index contributed by atoms with van der Waals surface area (Å²) in [5, 5.41) is 44.5. The van der Waals surface area contributed by atoms with Crippen LogP contribution in [0.3, 0.4) is 0 Å². The summed E-state index contributed by atoms with van der Waals surface area (Å²) in [5.74, 6) is 0. The van der Waals surface area contributed by atoms with Crippen LogP contribution in [0.25, 0.3) is 0 Å². The van der Waals surface area contributed by atoms with E-state index in [2.05, 4.69) is 13.8 Å². The molecule has 0 aromatic carbocycles. The Bertz CT molecular complexity index is 117. The third-order valence-electron chi connectivity index (χ3n) is 1.74. The van der Waals surface area contributed by atoms with Gasteiger partial charge in [-0.3, -0.25) is 0 Å². The Morgan fingerprint density at radius 3 is 1.40 bits per heavy atom. The second kappa shape index (κ2) is 10.3. The normalized spacial score (nSPS) is 18.4. The number of aliphatic hydroxyl groups is 5. The number of hydrogen-bond acceptors (Lipinski definition) is 5. The number of hydrogen-bond donors (Lipinski definition) is 5. The van der Waals surface area contributed by atoms with E-state index in [0.717, 1.165) is 0 Å². The maximum atomic E-state index is 9.12. The van der Waals surface area contributed by atoms with E-state index in [4.69, 9.17) is 25.5 Å². The fraction of sp³-hybridized carbons (Fsp3) is 1.00. The Balaban J connectivity index is 0. The molecule has 0 radical (unpaired) electrons. The van der Waals surface area contributed by atoms with Crippen LogP contribution in [-0.4, -0.2) is 56.6 Å². The van der Waals surface area contributed by atoms with Gasteiger partial charge in [0.2, 0.25) is 0 Å². The van der Waals surface area contributed by atoms with E-state index in [-0.39, 0.29) is 6.42 Å². The third-order valence-corrected chi connectivity index (χ3v) is 1.74. The monoisotopic (exact) mass is 224 g/mol. The summed E-state index contributed by atoms with van der Waals surface area (Å²) >= 11 is 0. The highest BCUT2D eigenvalue weighted by Crippen LogP contribution is 2.06. The molecule has 4 unspecified atom stereocenters. The molecule has 0 aliphatic rings. The SMILES string of the molecule is CCC.CCC(O)C(O)C(O)C(O)CO. The average molecular weight is 224 g/mol. The molecule has 0 spiro atoms. The summed E-state index contributed by atoms with van der Waals surface area (Å²) in [5.41, 5.74) is 0. The van der Waals surface area contributed by atoms with Crippen LogP contribution < -0.4 is 0 Å². The van der Waals surface area contributed by atoms with Gasteiger partial charge in [-0.15, -0.1) is 0 Å². The maximum Gasteiger partial charge on any atom is 0.110 e. The molecule has 0 fully saturated rings. The molecule has 0 heterocycles. The maximum absolute atomic E-state index is 9.12. The van der Waals surface area contributed by atoms with Gasteiger partial charge in [0.1, 0.15) is 18.3 Å². The van der Waals surface area contributed by atoms with Gasteiger partial charge in [-0.2, -0.15) is 0 Å². The van der Waals surface area contributed by atoms with Crippen LogP contribution in [0.1, 0.15) is 33.6 Å². The van der Waals surface area contributed by atoms with E-state index in [9.17, 15) is 0 Å². The Morgan fingerprint density at radius 2 is 1.13 bits per heavy atom. The molecule has 5 heteroatoms. The third kappa shape index (κ3) is 7.70. The molecule has 94 valence electrons. The van der Waals surface area contributed by atoms with Crippen molar-refractivity contribution in [1.29, 1.82) is 0 Å². The van der Waals surface area contributed by atoms with Crippen LogP contribution in [0.2, 0.25) is 0 Å².